The van der Waals surface area contributed by atoms with Crippen LogP contribution in [0.3, 0.4) is 0 Å². The second kappa shape index (κ2) is 3.91. The number of rotatable bonds is 1. The summed E-state index contributed by atoms with van der Waals surface area (Å²) in [7, 11) is 0. The largest absolute Gasteiger partial charge is 0.424 e. The molecule has 16 heavy (non-hydrogen) atoms. The van der Waals surface area contributed by atoms with Gasteiger partial charge in [0.05, 0.1) is 5.56 Å². The fourth-order valence-corrected chi connectivity index (χ4v) is 0.976. The van der Waals surface area contributed by atoms with Gasteiger partial charge >= 0.3 is 6.18 Å². The minimum Gasteiger partial charge on any atom is -0.232 e. The van der Waals surface area contributed by atoms with Gasteiger partial charge in [0.15, 0.2) is 17.5 Å². The Morgan fingerprint density at radius 1 is 0.875 bits per heavy atom. The molecule has 8 heteroatoms. The summed E-state index contributed by atoms with van der Waals surface area (Å²) >= 11 is 0. The van der Waals surface area contributed by atoms with Crippen LogP contribution in [0.25, 0.3) is 0 Å². The van der Waals surface area contributed by atoms with Crippen LogP contribution < -0.4 is 0 Å². The van der Waals surface area contributed by atoms with E-state index in [1.807, 2.05) is 0 Å². The molecule has 0 aliphatic carbocycles. The van der Waals surface area contributed by atoms with Crippen molar-refractivity contribution >= 4 is 0 Å². The molecule has 1 unspecified atom stereocenters. The van der Waals surface area contributed by atoms with Gasteiger partial charge in [-0.2, -0.15) is 13.2 Å². The van der Waals surface area contributed by atoms with E-state index in [-0.39, 0.29) is 6.07 Å². The first kappa shape index (κ1) is 12.7. The van der Waals surface area contributed by atoms with Gasteiger partial charge in [0.1, 0.15) is 5.82 Å². The van der Waals surface area contributed by atoms with E-state index in [1.165, 1.54) is 0 Å². The smallest absolute Gasteiger partial charge is 0.232 e. The van der Waals surface area contributed by atoms with Gasteiger partial charge in [-0.15, -0.1) is 0 Å². The molecule has 0 aromatic heterocycles. The summed E-state index contributed by atoms with van der Waals surface area (Å²) in [5.41, 5.74) is -2.19. The summed E-state index contributed by atoms with van der Waals surface area (Å²) in [4.78, 5) is 0. The Bertz CT molecular complexity index is 407. The fourth-order valence-electron chi connectivity index (χ4n) is 0.976. The Hall–Kier alpha value is -1.34. The highest BCUT2D eigenvalue weighted by atomic mass is 19.4. The van der Waals surface area contributed by atoms with Gasteiger partial charge < -0.3 is 0 Å². The fraction of sp³-hybridized carbons (Fsp3) is 0.250. The van der Waals surface area contributed by atoms with Crippen LogP contribution >= 0.6 is 0 Å². The number of hydrogen-bond acceptors (Lipinski definition) is 0. The molecule has 90 valence electrons. The Morgan fingerprint density at radius 2 is 1.38 bits per heavy atom. The summed E-state index contributed by atoms with van der Waals surface area (Å²) in [6.07, 6.45) is -9.66. The summed E-state index contributed by atoms with van der Waals surface area (Å²) in [6, 6.07) is -0.355. The molecule has 0 saturated heterocycles. The average molecular weight is 250 g/mol. The Balaban J connectivity index is 3.40. The number of hydrogen-bond donors (Lipinski definition) is 0. The van der Waals surface area contributed by atoms with Crippen molar-refractivity contribution in [3.63, 3.8) is 0 Å². The third-order valence-corrected chi connectivity index (χ3v) is 1.69. The van der Waals surface area contributed by atoms with Crippen LogP contribution in [0.15, 0.2) is 6.07 Å². The summed E-state index contributed by atoms with van der Waals surface area (Å²) in [6.45, 7) is 0. The molecule has 0 N–H and O–H groups in total. The number of benzene rings is 1. The molecule has 0 fully saturated rings. The van der Waals surface area contributed by atoms with Crippen molar-refractivity contribution in [3.8, 4) is 0 Å². The van der Waals surface area contributed by atoms with E-state index >= 15 is 0 Å². The van der Waals surface area contributed by atoms with Crippen LogP contribution in [-0.2, 0) is 0 Å². The first-order chi connectivity index (χ1) is 7.16. The van der Waals surface area contributed by atoms with E-state index in [1.54, 1.807) is 0 Å². The van der Waals surface area contributed by atoms with Crippen molar-refractivity contribution in [3.05, 3.63) is 34.9 Å². The van der Waals surface area contributed by atoms with E-state index in [0.29, 0.717) is 0 Å². The second-order valence-electron chi connectivity index (χ2n) is 2.79. The monoisotopic (exact) mass is 250 g/mol. The lowest BCUT2D eigenvalue weighted by atomic mass is 10.1. The van der Waals surface area contributed by atoms with Gasteiger partial charge in [-0.1, -0.05) is 0 Å². The molecule has 0 radical (unpaired) electrons. The third kappa shape index (κ3) is 2.10. The van der Waals surface area contributed by atoms with Gasteiger partial charge in [-0.05, 0) is 0 Å². The highest BCUT2D eigenvalue weighted by molar-refractivity contribution is 5.25. The topological polar surface area (TPSA) is 0 Å². The zero-order valence-corrected chi connectivity index (χ0v) is 7.18. The zero-order chi connectivity index (χ0) is 12.7. The van der Waals surface area contributed by atoms with Crippen molar-refractivity contribution in [1.82, 2.24) is 0 Å². The molecule has 0 spiro atoms. The lowest BCUT2D eigenvalue weighted by molar-refractivity contribution is -0.184. The number of halogens is 8. The van der Waals surface area contributed by atoms with E-state index in [4.69, 9.17) is 0 Å². The molecule has 0 amide bonds. The van der Waals surface area contributed by atoms with Gasteiger partial charge in [0.2, 0.25) is 6.17 Å². The molecule has 0 aliphatic rings. The van der Waals surface area contributed by atoms with Crippen molar-refractivity contribution in [2.45, 2.75) is 12.3 Å². The Labute approximate surface area is 83.5 Å². The van der Waals surface area contributed by atoms with Crippen LogP contribution in [0.5, 0.6) is 0 Å². The molecule has 1 atom stereocenters. The SMILES string of the molecule is Fc1cc(F)c(C(F)C(F)(F)F)c(F)c1F. The predicted octanol–water partition coefficient (Wildman–Crippen LogP) is 3.82. The number of alkyl halides is 4. The molecule has 0 nitrogen and oxygen atoms in total. The molecule has 0 saturated carbocycles. The van der Waals surface area contributed by atoms with Crippen LogP contribution in [-0.4, -0.2) is 6.18 Å². The van der Waals surface area contributed by atoms with E-state index in [2.05, 4.69) is 0 Å². The van der Waals surface area contributed by atoms with Crippen LogP contribution in [0.4, 0.5) is 35.1 Å². The minimum atomic E-state index is -5.61. The summed E-state index contributed by atoms with van der Waals surface area (Å²) in [5.74, 6) is -9.06. The maximum atomic E-state index is 12.7. The molecule has 1 aromatic rings. The van der Waals surface area contributed by atoms with Crippen molar-refractivity contribution in [1.29, 1.82) is 0 Å². The lowest BCUT2D eigenvalue weighted by Gasteiger charge is -2.14. The van der Waals surface area contributed by atoms with Crippen LogP contribution in [0.1, 0.15) is 11.7 Å². The van der Waals surface area contributed by atoms with Crippen molar-refractivity contribution in [2.24, 2.45) is 0 Å². The standard InChI is InChI=1S/C8H2F8/c9-2-1-3(10)5(11)6(12)4(2)7(13)8(14,15)16/h1,7H. The highest BCUT2D eigenvalue weighted by Crippen LogP contribution is 2.39. The Kier molecular flexibility index (Phi) is 3.11. The quantitative estimate of drug-likeness (QED) is 0.404. The van der Waals surface area contributed by atoms with E-state index in [9.17, 15) is 35.1 Å². The van der Waals surface area contributed by atoms with Crippen LogP contribution in [0, 0.1) is 23.3 Å². The normalized spacial score (nSPS) is 14.0. The predicted molar refractivity (Wildman–Crippen MR) is 36.2 cm³/mol. The first-order valence-corrected chi connectivity index (χ1v) is 3.70. The van der Waals surface area contributed by atoms with E-state index in [0.717, 1.165) is 0 Å². The second-order valence-corrected chi connectivity index (χ2v) is 2.79. The first-order valence-electron chi connectivity index (χ1n) is 3.70. The van der Waals surface area contributed by atoms with Gasteiger partial charge in [-0.25, -0.2) is 22.0 Å². The van der Waals surface area contributed by atoms with Gasteiger partial charge in [0, 0.05) is 6.07 Å². The molecule has 0 bridgehead atoms. The van der Waals surface area contributed by atoms with Crippen LogP contribution in [0.2, 0.25) is 0 Å². The minimum absolute atomic E-state index is 0.355. The highest BCUT2D eigenvalue weighted by Gasteiger charge is 2.45. The van der Waals surface area contributed by atoms with Gasteiger partial charge in [-0.3, -0.25) is 0 Å². The van der Waals surface area contributed by atoms with E-state index < -0.39 is 41.2 Å². The zero-order valence-electron chi connectivity index (χ0n) is 7.18. The molecule has 0 heterocycles. The molecule has 1 rings (SSSR count). The van der Waals surface area contributed by atoms with Crippen molar-refractivity contribution in [2.75, 3.05) is 0 Å². The average Bonchev–Trinajstić information content (AvgIpc) is 2.13. The molecule has 1 aromatic carbocycles. The van der Waals surface area contributed by atoms with Crippen molar-refractivity contribution < 1.29 is 35.1 Å². The molecular formula is C8H2F8. The maximum absolute atomic E-state index is 12.7. The molecule has 0 aliphatic heterocycles. The maximum Gasteiger partial charge on any atom is 0.424 e. The third-order valence-electron chi connectivity index (χ3n) is 1.69. The Morgan fingerprint density at radius 3 is 1.81 bits per heavy atom. The summed E-state index contributed by atoms with van der Waals surface area (Å²) in [5, 5.41) is 0. The lowest BCUT2D eigenvalue weighted by Crippen LogP contribution is -2.20. The summed E-state index contributed by atoms with van der Waals surface area (Å²) < 4.78 is 98.2. The molecular weight excluding hydrogens is 248 g/mol. The van der Waals surface area contributed by atoms with Gasteiger partial charge in [0.25, 0.3) is 0 Å².